The highest BCUT2D eigenvalue weighted by Gasteiger charge is 2.41. The minimum atomic E-state index is 0.696. The molecule has 3 fully saturated rings. The van der Waals surface area contributed by atoms with Gasteiger partial charge < -0.3 is 10.2 Å². The van der Waals surface area contributed by atoms with Crippen molar-refractivity contribution in [1.29, 1.82) is 0 Å². The maximum Gasteiger partial charge on any atom is 0.0166 e. The lowest BCUT2D eigenvalue weighted by molar-refractivity contribution is 0.202. The number of nitrogens with one attached hydrogen (secondary N) is 1. The van der Waals surface area contributed by atoms with Crippen molar-refractivity contribution in [2.24, 2.45) is 17.8 Å². The van der Waals surface area contributed by atoms with E-state index < -0.39 is 0 Å². The molecule has 0 aromatic carbocycles. The Morgan fingerprint density at radius 2 is 1.88 bits per heavy atom. The van der Waals surface area contributed by atoms with Crippen LogP contribution in [0.4, 0.5) is 0 Å². The first-order valence-electron chi connectivity index (χ1n) is 7.28. The maximum absolute atomic E-state index is 3.60. The Hall–Kier alpha value is -0.0800. The van der Waals surface area contributed by atoms with Crippen LogP contribution >= 0.6 is 0 Å². The van der Waals surface area contributed by atoms with E-state index in [2.05, 4.69) is 17.1 Å². The van der Waals surface area contributed by atoms with E-state index in [1.165, 1.54) is 58.3 Å². The number of hydrogen-bond donors (Lipinski definition) is 1. The first-order chi connectivity index (χ1) is 7.83. The van der Waals surface area contributed by atoms with Crippen LogP contribution in [0.3, 0.4) is 0 Å². The van der Waals surface area contributed by atoms with Gasteiger partial charge in [0.05, 0.1) is 0 Å². The molecule has 1 saturated heterocycles. The zero-order valence-corrected chi connectivity index (χ0v) is 10.6. The lowest BCUT2D eigenvalue weighted by atomic mass is 9.97. The summed E-state index contributed by atoms with van der Waals surface area (Å²) in [7, 11) is 0. The van der Waals surface area contributed by atoms with E-state index in [4.69, 9.17) is 0 Å². The molecule has 0 aromatic heterocycles. The second kappa shape index (κ2) is 4.66. The van der Waals surface area contributed by atoms with Crippen LogP contribution < -0.4 is 5.32 Å². The highest BCUT2D eigenvalue weighted by molar-refractivity contribution is 4.93. The molecule has 3 rings (SSSR count). The van der Waals surface area contributed by atoms with Crippen LogP contribution in [0.25, 0.3) is 0 Å². The van der Waals surface area contributed by atoms with E-state index in [1.54, 1.807) is 0 Å². The van der Waals surface area contributed by atoms with Gasteiger partial charge in [-0.05, 0) is 69.9 Å². The van der Waals surface area contributed by atoms with Crippen LogP contribution in [0.15, 0.2) is 0 Å². The highest BCUT2D eigenvalue weighted by Crippen LogP contribution is 2.49. The fourth-order valence-electron chi connectivity index (χ4n) is 3.39. The van der Waals surface area contributed by atoms with Gasteiger partial charge in [-0.1, -0.05) is 0 Å². The Morgan fingerprint density at radius 1 is 1.19 bits per heavy atom. The van der Waals surface area contributed by atoms with Crippen LogP contribution in [-0.2, 0) is 0 Å². The van der Waals surface area contributed by atoms with Crippen LogP contribution in [0.5, 0.6) is 0 Å². The van der Waals surface area contributed by atoms with E-state index >= 15 is 0 Å². The maximum atomic E-state index is 3.60. The van der Waals surface area contributed by atoms with Gasteiger partial charge in [0.1, 0.15) is 0 Å². The van der Waals surface area contributed by atoms with E-state index in [1.807, 2.05) is 0 Å². The normalized spacial score (nSPS) is 33.0. The third-order valence-corrected chi connectivity index (χ3v) is 4.60. The van der Waals surface area contributed by atoms with E-state index in [0.29, 0.717) is 6.04 Å². The van der Waals surface area contributed by atoms with Gasteiger partial charge in [-0.2, -0.15) is 0 Å². The molecule has 0 spiro atoms. The van der Waals surface area contributed by atoms with Crippen molar-refractivity contribution in [1.82, 2.24) is 10.2 Å². The third kappa shape index (κ3) is 2.78. The monoisotopic (exact) mass is 222 g/mol. The Morgan fingerprint density at radius 3 is 2.50 bits per heavy atom. The predicted molar refractivity (Wildman–Crippen MR) is 67.5 cm³/mol. The molecule has 1 unspecified atom stereocenters. The largest absolute Gasteiger partial charge is 0.313 e. The average Bonchev–Trinajstić information content (AvgIpc) is 3.12. The molecule has 1 heterocycles. The van der Waals surface area contributed by atoms with E-state index in [9.17, 15) is 0 Å². The summed E-state index contributed by atoms with van der Waals surface area (Å²) in [6.45, 7) is 7.56. The van der Waals surface area contributed by atoms with Crippen molar-refractivity contribution >= 4 is 0 Å². The first-order valence-corrected chi connectivity index (χ1v) is 7.28. The molecule has 2 aliphatic carbocycles. The molecule has 1 N–H and O–H groups in total. The third-order valence-electron chi connectivity index (χ3n) is 4.60. The van der Waals surface area contributed by atoms with Gasteiger partial charge in [0.2, 0.25) is 0 Å². The molecule has 2 heteroatoms. The fourth-order valence-corrected chi connectivity index (χ4v) is 3.39. The minimum Gasteiger partial charge on any atom is -0.313 e. The zero-order chi connectivity index (χ0) is 11.0. The second-order valence-corrected chi connectivity index (χ2v) is 6.31. The summed E-state index contributed by atoms with van der Waals surface area (Å²) < 4.78 is 0. The molecule has 3 aliphatic rings. The lowest BCUT2D eigenvalue weighted by Crippen LogP contribution is -2.38. The van der Waals surface area contributed by atoms with Crippen LogP contribution in [0.1, 0.15) is 39.0 Å². The van der Waals surface area contributed by atoms with Gasteiger partial charge in [0.25, 0.3) is 0 Å². The summed E-state index contributed by atoms with van der Waals surface area (Å²) in [4.78, 5) is 2.74. The van der Waals surface area contributed by atoms with Crippen molar-refractivity contribution in [3.05, 3.63) is 0 Å². The Kier molecular flexibility index (Phi) is 3.21. The standard InChI is InChI=1S/C14H26N2/c1-11-9-16(8-2-7-15-11)10-14(12-3-4-12)13-5-6-13/h11-15H,2-10H2,1H3. The minimum absolute atomic E-state index is 0.696. The van der Waals surface area contributed by atoms with E-state index in [0.717, 1.165) is 17.8 Å². The fraction of sp³-hybridized carbons (Fsp3) is 1.00. The van der Waals surface area contributed by atoms with Gasteiger partial charge in [0, 0.05) is 19.1 Å². The van der Waals surface area contributed by atoms with Gasteiger partial charge in [-0.3, -0.25) is 0 Å². The molecule has 2 nitrogen and oxygen atoms in total. The topological polar surface area (TPSA) is 15.3 Å². The van der Waals surface area contributed by atoms with Crippen molar-refractivity contribution in [2.45, 2.75) is 45.1 Å². The van der Waals surface area contributed by atoms with Gasteiger partial charge in [0.15, 0.2) is 0 Å². The highest BCUT2D eigenvalue weighted by atomic mass is 15.2. The summed E-state index contributed by atoms with van der Waals surface area (Å²) in [6, 6.07) is 0.696. The molecule has 0 aromatic rings. The number of rotatable bonds is 4. The predicted octanol–water partition coefficient (Wildman–Crippen LogP) is 2.11. The van der Waals surface area contributed by atoms with Crippen molar-refractivity contribution in [2.75, 3.05) is 26.2 Å². The van der Waals surface area contributed by atoms with Gasteiger partial charge >= 0.3 is 0 Å². The molecule has 0 amide bonds. The molecule has 0 bridgehead atoms. The number of nitrogens with zero attached hydrogens (tertiary/aromatic N) is 1. The van der Waals surface area contributed by atoms with Crippen molar-refractivity contribution in [3.8, 4) is 0 Å². The summed E-state index contributed by atoms with van der Waals surface area (Å²) >= 11 is 0. The first kappa shape index (κ1) is 11.0. The van der Waals surface area contributed by atoms with E-state index in [-0.39, 0.29) is 0 Å². The number of hydrogen-bond acceptors (Lipinski definition) is 2. The summed E-state index contributed by atoms with van der Waals surface area (Å²) in [5, 5.41) is 3.60. The van der Waals surface area contributed by atoms with Crippen LogP contribution in [-0.4, -0.2) is 37.1 Å². The molecule has 2 saturated carbocycles. The molecule has 1 atom stereocenters. The summed E-state index contributed by atoms with van der Waals surface area (Å²) in [5.41, 5.74) is 0. The SMILES string of the molecule is CC1CN(CC(C2CC2)C2CC2)CCCN1. The summed E-state index contributed by atoms with van der Waals surface area (Å²) in [5.74, 6) is 3.28. The van der Waals surface area contributed by atoms with Gasteiger partial charge in [-0.15, -0.1) is 0 Å². The van der Waals surface area contributed by atoms with Crippen LogP contribution in [0.2, 0.25) is 0 Å². The molecular weight excluding hydrogens is 196 g/mol. The Bertz CT molecular complexity index is 221. The Balaban J connectivity index is 1.54. The van der Waals surface area contributed by atoms with Crippen molar-refractivity contribution in [3.63, 3.8) is 0 Å². The molecule has 92 valence electrons. The quantitative estimate of drug-likeness (QED) is 0.784. The van der Waals surface area contributed by atoms with Gasteiger partial charge in [-0.25, -0.2) is 0 Å². The Labute approximate surface area is 99.8 Å². The molecule has 16 heavy (non-hydrogen) atoms. The molecule has 0 radical (unpaired) electrons. The average molecular weight is 222 g/mol. The molecule has 1 aliphatic heterocycles. The molecular formula is C14H26N2. The van der Waals surface area contributed by atoms with Crippen molar-refractivity contribution < 1.29 is 0 Å². The van der Waals surface area contributed by atoms with Crippen LogP contribution in [0, 0.1) is 17.8 Å². The zero-order valence-electron chi connectivity index (χ0n) is 10.6. The summed E-state index contributed by atoms with van der Waals surface area (Å²) in [6.07, 6.45) is 7.46. The second-order valence-electron chi connectivity index (χ2n) is 6.31. The lowest BCUT2D eigenvalue weighted by Gasteiger charge is -2.27. The smallest absolute Gasteiger partial charge is 0.0166 e.